The molecule has 0 unspecified atom stereocenters. The van der Waals surface area contributed by atoms with Crippen molar-refractivity contribution in [2.24, 2.45) is 0 Å². The summed E-state index contributed by atoms with van der Waals surface area (Å²) >= 11 is 0. The molecule has 0 aliphatic rings. The summed E-state index contributed by atoms with van der Waals surface area (Å²) in [5, 5.41) is 0.146. The van der Waals surface area contributed by atoms with Crippen LogP contribution in [0.25, 0.3) is 0 Å². The van der Waals surface area contributed by atoms with Crippen LogP contribution in [0, 0.1) is 0 Å². The summed E-state index contributed by atoms with van der Waals surface area (Å²) in [5.41, 5.74) is 0. The maximum absolute atomic E-state index is 6.28. The molecule has 0 spiro atoms. The predicted molar refractivity (Wildman–Crippen MR) is 142 cm³/mol. The first kappa shape index (κ1) is 31.1. The lowest BCUT2D eigenvalue weighted by Gasteiger charge is -2.40. The predicted octanol–water partition coefficient (Wildman–Crippen LogP) is 10.3. The highest BCUT2D eigenvalue weighted by molar-refractivity contribution is 6.70. The van der Waals surface area contributed by atoms with E-state index in [-0.39, 0.29) is 5.04 Å². The third-order valence-electron chi connectivity index (χ3n) is 6.76. The van der Waals surface area contributed by atoms with Crippen LogP contribution < -0.4 is 0 Å². The van der Waals surface area contributed by atoms with Gasteiger partial charge >= 0.3 is 8.56 Å². The van der Waals surface area contributed by atoms with Gasteiger partial charge in [-0.1, -0.05) is 143 Å². The molecule has 0 saturated carbocycles. The van der Waals surface area contributed by atoms with Gasteiger partial charge < -0.3 is 8.85 Å². The Bertz CT molecular complexity index is 359. The Labute approximate surface area is 198 Å². The van der Waals surface area contributed by atoms with Crippen LogP contribution >= 0.6 is 0 Å². The zero-order chi connectivity index (χ0) is 23.3. The van der Waals surface area contributed by atoms with E-state index in [0.717, 1.165) is 19.3 Å². The molecular formula is C28H60O2Si. The third kappa shape index (κ3) is 16.4. The van der Waals surface area contributed by atoms with E-state index in [1.807, 2.05) is 0 Å². The zero-order valence-corrected chi connectivity index (χ0v) is 23.7. The summed E-state index contributed by atoms with van der Waals surface area (Å²) in [6, 6.07) is 1.15. The maximum Gasteiger partial charge on any atom is 0.343 e. The minimum absolute atomic E-state index is 0.146. The number of hydrogen-bond donors (Lipinski definition) is 0. The van der Waals surface area contributed by atoms with Gasteiger partial charge in [0.25, 0.3) is 0 Å². The van der Waals surface area contributed by atoms with E-state index in [1.165, 1.54) is 116 Å². The lowest BCUT2D eigenvalue weighted by molar-refractivity contribution is 0.159. The molecule has 0 aromatic heterocycles. The van der Waals surface area contributed by atoms with Crippen molar-refractivity contribution in [2.45, 2.75) is 168 Å². The average Bonchev–Trinajstić information content (AvgIpc) is 2.72. The Balaban J connectivity index is 3.55. The van der Waals surface area contributed by atoms with Gasteiger partial charge in [-0.05, 0) is 19.9 Å². The number of rotatable bonds is 23. The smallest absolute Gasteiger partial charge is 0.343 e. The van der Waals surface area contributed by atoms with Crippen molar-refractivity contribution in [1.29, 1.82) is 0 Å². The van der Waals surface area contributed by atoms with E-state index in [0.29, 0.717) is 0 Å². The van der Waals surface area contributed by atoms with Crippen molar-refractivity contribution in [1.82, 2.24) is 0 Å². The average molecular weight is 457 g/mol. The van der Waals surface area contributed by atoms with Gasteiger partial charge in [-0.25, -0.2) is 0 Å². The topological polar surface area (TPSA) is 18.5 Å². The molecule has 0 bridgehead atoms. The second-order valence-electron chi connectivity index (χ2n) is 10.6. The molecule has 0 N–H and O–H groups in total. The van der Waals surface area contributed by atoms with E-state index in [4.69, 9.17) is 8.85 Å². The third-order valence-corrected chi connectivity index (χ3v) is 11.6. The van der Waals surface area contributed by atoms with Gasteiger partial charge in [0, 0.05) is 18.3 Å². The van der Waals surface area contributed by atoms with Crippen LogP contribution in [0.1, 0.15) is 157 Å². The second-order valence-corrected chi connectivity index (χ2v) is 14.7. The molecule has 0 saturated heterocycles. The fourth-order valence-corrected chi connectivity index (χ4v) is 8.36. The molecule has 0 radical (unpaired) electrons. The van der Waals surface area contributed by atoms with E-state index < -0.39 is 8.56 Å². The molecular weight excluding hydrogens is 396 g/mol. The van der Waals surface area contributed by atoms with Crippen molar-refractivity contribution in [2.75, 3.05) is 13.2 Å². The minimum Gasteiger partial charge on any atom is -0.394 e. The summed E-state index contributed by atoms with van der Waals surface area (Å²) in [6.45, 7) is 15.0. The summed E-state index contributed by atoms with van der Waals surface area (Å²) < 4.78 is 12.6. The van der Waals surface area contributed by atoms with Crippen molar-refractivity contribution in [3.8, 4) is 0 Å². The molecule has 0 aliphatic carbocycles. The normalized spacial score (nSPS) is 12.6. The molecule has 188 valence electrons. The fraction of sp³-hybridized carbons (Fsp3) is 1.00. The zero-order valence-electron chi connectivity index (χ0n) is 22.7. The Morgan fingerprint density at radius 3 is 1.00 bits per heavy atom. The molecule has 0 aromatic carbocycles. The van der Waals surface area contributed by atoms with Crippen molar-refractivity contribution in [3.63, 3.8) is 0 Å². The van der Waals surface area contributed by atoms with Crippen molar-refractivity contribution >= 4 is 8.56 Å². The van der Waals surface area contributed by atoms with Crippen molar-refractivity contribution in [3.05, 3.63) is 0 Å². The quantitative estimate of drug-likeness (QED) is 0.112. The molecule has 3 heteroatoms. The lowest BCUT2D eigenvalue weighted by atomic mass is 10.0. The Kier molecular flexibility index (Phi) is 20.8. The first-order chi connectivity index (χ1) is 14.9. The molecule has 31 heavy (non-hydrogen) atoms. The summed E-state index contributed by atoms with van der Waals surface area (Å²) in [7, 11) is -2.11. The first-order valence-corrected chi connectivity index (χ1v) is 16.2. The molecule has 2 nitrogen and oxygen atoms in total. The minimum atomic E-state index is -2.11. The van der Waals surface area contributed by atoms with Crippen LogP contribution in [0.2, 0.25) is 11.1 Å². The van der Waals surface area contributed by atoms with Crippen LogP contribution in [0.15, 0.2) is 0 Å². The van der Waals surface area contributed by atoms with Crippen LogP contribution in [0.5, 0.6) is 0 Å². The van der Waals surface area contributed by atoms with Gasteiger partial charge in [-0.15, -0.1) is 0 Å². The molecule has 0 heterocycles. The largest absolute Gasteiger partial charge is 0.394 e. The van der Waals surface area contributed by atoms with Gasteiger partial charge in [0.1, 0.15) is 0 Å². The van der Waals surface area contributed by atoms with E-state index >= 15 is 0 Å². The Hall–Kier alpha value is 0.137. The monoisotopic (exact) mass is 456 g/mol. The van der Waals surface area contributed by atoms with E-state index in [2.05, 4.69) is 41.5 Å². The first-order valence-electron chi connectivity index (χ1n) is 14.2. The Morgan fingerprint density at radius 1 is 0.452 bits per heavy atom. The molecule has 0 fully saturated rings. The SMILES string of the molecule is CCCCCCCCCCCCCCCCCCCC[Si](OCC)(OCC)C(C)(C)C. The molecule has 0 amide bonds. The highest BCUT2D eigenvalue weighted by Gasteiger charge is 2.48. The second kappa shape index (κ2) is 20.7. The molecule has 0 aliphatic heterocycles. The van der Waals surface area contributed by atoms with Gasteiger partial charge in [-0.2, -0.15) is 0 Å². The summed E-state index contributed by atoms with van der Waals surface area (Å²) in [5.74, 6) is 0. The van der Waals surface area contributed by atoms with Crippen LogP contribution in [-0.4, -0.2) is 21.8 Å². The number of unbranched alkanes of at least 4 members (excludes halogenated alkanes) is 17. The summed E-state index contributed by atoms with van der Waals surface area (Å²) in [4.78, 5) is 0. The summed E-state index contributed by atoms with van der Waals surface area (Å²) in [6.07, 6.45) is 25.7. The maximum atomic E-state index is 6.28. The molecule has 0 aromatic rings. The fourth-order valence-electron chi connectivity index (χ4n) is 4.72. The van der Waals surface area contributed by atoms with Gasteiger partial charge in [0.05, 0.1) is 0 Å². The van der Waals surface area contributed by atoms with E-state index in [1.54, 1.807) is 0 Å². The lowest BCUT2D eigenvalue weighted by Crippen LogP contribution is -2.50. The molecule has 0 rings (SSSR count). The van der Waals surface area contributed by atoms with Crippen LogP contribution in [0.4, 0.5) is 0 Å². The van der Waals surface area contributed by atoms with Crippen molar-refractivity contribution < 1.29 is 8.85 Å². The highest BCUT2D eigenvalue weighted by Crippen LogP contribution is 2.41. The van der Waals surface area contributed by atoms with Gasteiger partial charge in [-0.3, -0.25) is 0 Å². The standard InChI is InChI=1S/C28H60O2Si/c1-7-10-11-12-13-14-15-16-17-18-19-20-21-22-23-24-25-26-27-31(29-8-2,30-9-3)28(4,5)6/h7-27H2,1-6H3. The van der Waals surface area contributed by atoms with Crippen LogP contribution in [-0.2, 0) is 8.85 Å². The molecule has 0 atom stereocenters. The Morgan fingerprint density at radius 2 is 0.742 bits per heavy atom. The van der Waals surface area contributed by atoms with Gasteiger partial charge in [0.2, 0.25) is 0 Å². The van der Waals surface area contributed by atoms with Gasteiger partial charge in [0.15, 0.2) is 0 Å². The van der Waals surface area contributed by atoms with Crippen LogP contribution in [0.3, 0.4) is 0 Å². The highest BCUT2D eigenvalue weighted by atomic mass is 28.4. The number of hydrogen-bond acceptors (Lipinski definition) is 2. The van der Waals surface area contributed by atoms with E-state index in [9.17, 15) is 0 Å².